The van der Waals surface area contributed by atoms with E-state index in [4.69, 9.17) is 17.0 Å². The molecule has 1 unspecified atom stereocenters. The molecule has 0 radical (unpaired) electrons. The molecule has 1 fully saturated rings. The number of pyridine rings is 1. The predicted octanol–water partition coefficient (Wildman–Crippen LogP) is 3.06. The van der Waals surface area contributed by atoms with Gasteiger partial charge in [0.15, 0.2) is 0 Å². The highest BCUT2D eigenvalue weighted by Gasteiger charge is 2.35. The molecule has 29 heavy (non-hydrogen) atoms. The van der Waals surface area contributed by atoms with Gasteiger partial charge in [-0.25, -0.2) is 4.98 Å². The van der Waals surface area contributed by atoms with E-state index in [1.807, 2.05) is 26.8 Å². The molecule has 2 aromatic rings. The zero-order valence-corrected chi connectivity index (χ0v) is 18.5. The Kier molecular flexibility index (Phi) is 6.71. The summed E-state index contributed by atoms with van der Waals surface area (Å²) in [5.41, 5.74) is 1.56. The third-order valence-corrected chi connectivity index (χ3v) is 6.07. The van der Waals surface area contributed by atoms with E-state index >= 15 is 0 Å². The van der Waals surface area contributed by atoms with Gasteiger partial charge in [0, 0.05) is 25.9 Å². The van der Waals surface area contributed by atoms with Crippen molar-refractivity contribution in [2.45, 2.75) is 33.2 Å². The maximum absolute atomic E-state index is 13.2. The second-order valence-corrected chi connectivity index (χ2v) is 8.52. The molecule has 1 amide bonds. The highest BCUT2D eigenvalue weighted by atomic mass is 32.2. The van der Waals surface area contributed by atoms with E-state index < -0.39 is 0 Å². The first-order valence-corrected chi connectivity index (χ1v) is 10.6. The fraction of sp³-hybridized carbons (Fsp3) is 0.400. The van der Waals surface area contributed by atoms with Crippen LogP contribution in [0.25, 0.3) is 11.7 Å². The van der Waals surface area contributed by atoms with Gasteiger partial charge in [-0.3, -0.25) is 18.9 Å². The zero-order chi connectivity index (χ0) is 21.1. The molecule has 3 rings (SSSR count). The van der Waals surface area contributed by atoms with Crippen molar-refractivity contribution in [1.82, 2.24) is 14.3 Å². The first-order valence-electron chi connectivity index (χ1n) is 9.40. The number of amides is 1. The number of aromatic nitrogens is 2. The van der Waals surface area contributed by atoms with Gasteiger partial charge in [0.25, 0.3) is 11.5 Å². The zero-order valence-electron chi connectivity index (χ0n) is 16.9. The molecule has 7 nitrogen and oxygen atoms in total. The van der Waals surface area contributed by atoms with Crippen molar-refractivity contribution >= 4 is 51.7 Å². The van der Waals surface area contributed by atoms with Gasteiger partial charge in [0.05, 0.1) is 17.1 Å². The molecule has 0 bridgehead atoms. The Labute approximate surface area is 179 Å². The minimum Gasteiger partial charge on any atom is -0.383 e. The number of anilines is 1. The first-order chi connectivity index (χ1) is 13.9. The molecular weight excluding hydrogens is 408 g/mol. The van der Waals surface area contributed by atoms with Gasteiger partial charge >= 0.3 is 0 Å². The minimum atomic E-state index is -0.243. The van der Waals surface area contributed by atoms with Crippen LogP contribution in [0.4, 0.5) is 5.82 Å². The van der Waals surface area contributed by atoms with Crippen LogP contribution in [-0.2, 0) is 9.53 Å². The fourth-order valence-electron chi connectivity index (χ4n) is 2.97. The lowest BCUT2D eigenvalue weighted by Gasteiger charge is -2.21. The number of thiocarbonyl (C=S) groups is 1. The van der Waals surface area contributed by atoms with Gasteiger partial charge in [0.2, 0.25) is 0 Å². The highest BCUT2D eigenvalue weighted by molar-refractivity contribution is 8.26. The molecule has 9 heteroatoms. The van der Waals surface area contributed by atoms with E-state index in [2.05, 4.69) is 10.3 Å². The van der Waals surface area contributed by atoms with Crippen LogP contribution >= 0.6 is 24.0 Å². The van der Waals surface area contributed by atoms with Crippen LogP contribution in [0.5, 0.6) is 0 Å². The summed E-state index contributed by atoms with van der Waals surface area (Å²) in [6.45, 7) is 6.82. The number of carbonyl (C=O) groups is 1. The maximum Gasteiger partial charge on any atom is 0.267 e. The second kappa shape index (κ2) is 9.06. The SMILES string of the molecule is CCC(C)N1C(=O)C(=Cc2c(NCCOC)nc3ccc(C)cn3c2=O)SC1=S. The molecule has 0 saturated carbocycles. The Balaban J connectivity index is 2.11. The Bertz CT molecular complexity index is 1050. The molecule has 1 atom stereocenters. The summed E-state index contributed by atoms with van der Waals surface area (Å²) >= 11 is 6.61. The molecule has 154 valence electrons. The minimum absolute atomic E-state index is 0.00572. The Morgan fingerprint density at radius 3 is 2.83 bits per heavy atom. The normalized spacial score (nSPS) is 16.8. The van der Waals surface area contributed by atoms with E-state index in [-0.39, 0.29) is 17.5 Å². The summed E-state index contributed by atoms with van der Waals surface area (Å²) in [5, 5.41) is 3.15. The maximum atomic E-state index is 13.2. The summed E-state index contributed by atoms with van der Waals surface area (Å²) in [7, 11) is 1.61. The Morgan fingerprint density at radius 2 is 2.14 bits per heavy atom. The van der Waals surface area contributed by atoms with E-state index in [1.54, 1.807) is 30.3 Å². The predicted molar refractivity (Wildman–Crippen MR) is 121 cm³/mol. The van der Waals surface area contributed by atoms with Crippen molar-refractivity contribution in [2.75, 3.05) is 25.6 Å². The number of fused-ring (bicyclic) bond motifs is 1. The van der Waals surface area contributed by atoms with Gasteiger partial charge in [-0.1, -0.05) is 37.0 Å². The quantitative estimate of drug-likeness (QED) is 0.409. The van der Waals surface area contributed by atoms with Gasteiger partial charge in [-0.2, -0.15) is 0 Å². The molecule has 0 spiro atoms. The lowest BCUT2D eigenvalue weighted by atomic mass is 10.2. The van der Waals surface area contributed by atoms with Crippen LogP contribution in [0.1, 0.15) is 31.4 Å². The second-order valence-electron chi connectivity index (χ2n) is 6.84. The van der Waals surface area contributed by atoms with E-state index in [9.17, 15) is 9.59 Å². The van der Waals surface area contributed by atoms with Crippen LogP contribution in [0, 0.1) is 6.92 Å². The summed E-state index contributed by atoms with van der Waals surface area (Å²) in [4.78, 5) is 32.8. The largest absolute Gasteiger partial charge is 0.383 e. The lowest BCUT2D eigenvalue weighted by molar-refractivity contribution is -0.123. The molecule has 1 aliphatic heterocycles. The van der Waals surface area contributed by atoms with Crippen molar-refractivity contribution in [2.24, 2.45) is 0 Å². The van der Waals surface area contributed by atoms with Crippen molar-refractivity contribution in [3.63, 3.8) is 0 Å². The number of thioether (sulfide) groups is 1. The number of nitrogens with one attached hydrogen (secondary N) is 1. The molecule has 0 aliphatic carbocycles. The van der Waals surface area contributed by atoms with Crippen molar-refractivity contribution in [3.05, 3.63) is 44.7 Å². The number of aryl methyl sites for hydroxylation is 1. The van der Waals surface area contributed by atoms with Crippen molar-refractivity contribution in [1.29, 1.82) is 0 Å². The van der Waals surface area contributed by atoms with Gasteiger partial charge < -0.3 is 10.1 Å². The number of nitrogens with zero attached hydrogens (tertiary/aromatic N) is 3. The number of carbonyl (C=O) groups excluding carboxylic acids is 1. The number of hydrogen-bond acceptors (Lipinski definition) is 7. The molecule has 1 aliphatic rings. The van der Waals surface area contributed by atoms with Gasteiger partial charge in [0.1, 0.15) is 15.8 Å². The lowest BCUT2D eigenvalue weighted by Crippen LogP contribution is -2.36. The molecule has 3 heterocycles. The molecular formula is C20H24N4O3S2. The standard InChI is InChI=1S/C20H24N4O3S2/c1-5-13(3)24-19(26)15(29-20(24)28)10-14-17(21-8-9-27-4)22-16-7-6-12(2)11-23(16)18(14)25/h6-7,10-11,13,21H,5,8-9H2,1-4H3. The molecule has 0 aromatic carbocycles. The Hall–Kier alpha value is -2.23. The molecule has 1 saturated heterocycles. The van der Waals surface area contributed by atoms with Crippen molar-refractivity contribution < 1.29 is 9.53 Å². The molecule has 2 aromatic heterocycles. The third-order valence-electron chi connectivity index (χ3n) is 4.73. The smallest absolute Gasteiger partial charge is 0.267 e. The molecule has 1 N–H and O–H groups in total. The van der Waals surface area contributed by atoms with E-state index in [0.29, 0.717) is 39.4 Å². The third kappa shape index (κ3) is 4.36. The van der Waals surface area contributed by atoms with E-state index in [0.717, 1.165) is 12.0 Å². The summed E-state index contributed by atoms with van der Waals surface area (Å²) in [5.74, 6) is 0.246. The van der Waals surface area contributed by atoms with Crippen LogP contribution in [0.2, 0.25) is 0 Å². The number of methoxy groups -OCH3 is 1. The van der Waals surface area contributed by atoms with Gasteiger partial charge in [-0.15, -0.1) is 0 Å². The fourth-order valence-corrected chi connectivity index (χ4v) is 4.41. The summed E-state index contributed by atoms with van der Waals surface area (Å²) < 4.78 is 7.09. The van der Waals surface area contributed by atoms with Crippen LogP contribution in [0.3, 0.4) is 0 Å². The average Bonchev–Trinajstić information content (AvgIpc) is 2.98. The van der Waals surface area contributed by atoms with Crippen LogP contribution in [-0.4, -0.2) is 50.8 Å². The number of hydrogen-bond donors (Lipinski definition) is 1. The van der Waals surface area contributed by atoms with Crippen LogP contribution in [0.15, 0.2) is 28.0 Å². The first kappa shape index (κ1) is 21.5. The summed E-state index contributed by atoms with van der Waals surface area (Å²) in [6, 6.07) is 3.70. The van der Waals surface area contributed by atoms with Crippen molar-refractivity contribution in [3.8, 4) is 0 Å². The van der Waals surface area contributed by atoms with Gasteiger partial charge in [-0.05, 0) is 38.0 Å². The number of rotatable bonds is 7. The Morgan fingerprint density at radius 1 is 1.38 bits per heavy atom. The topological polar surface area (TPSA) is 75.9 Å². The highest BCUT2D eigenvalue weighted by Crippen LogP contribution is 2.34. The van der Waals surface area contributed by atoms with Crippen LogP contribution < -0.4 is 10.9 Å². The number of ether oxygens (including phenoxy) is 1. The monoisotopic (exact) mass is 432 g/mol. The summed E-state index contributed by atoms with van der Waals surface area (Å²) in [6.07, 6.45) is 4.13. The van der Waals surface area contributed by atoms with E-state index in [1.165, 1.54) is 16.2 Å². The average molecular weight is 433 g/mol.